The lowest BCUT2D eigenvalue weighted by atomic mass is 10.3. The molecule has 0 unspecified atom stereocenters. The number of aldehydes is 2. The van der Waals surface area contributed by atoms with Gasteiger partial charge in [-0.2, -0.15) is 0 Å². The molecule has 2 N–H and O–H groups in total. The molecule has 0 bridgehead atoms. The van der Waals surface area contributed by atoms with E-state index in [0.29, 0.717) is 65.7 Å². The number of nitrogens with one attached hydrogen (secondary N) is 1. The minimum absolute atomic E-state index is 0.441. The standard InChI is InChI=1S/C12H25NO5.C6H8O.CH4O/c1-13-3-6-16-8-10-18-12-11-17-9-7-15-5-2-4-14;1-2-3-4-5-6-7;1-2/h4,13H,2-3,5-12H2,1H3;1,6H,3-5H2;2H,1H3. The monoisotopic (exact) mass is 391 g/mol. The number of aliphatic hydroxyl groups is 1. The van der Waals surface area contributed by atoms with Gasteiger partial charge in [0.1, 0.15) is 12.6 Å². The lowest BCUT2D eigenvalue weighted by molar-refractivity contribution is -0.109. The number of aliphatic hydroxyl groups excluding tert-OH is 1. The first kappa shape index (κ1) is 30.4. The summed E-state index contributed by atoms with van der Waals surface area (Å²) in [6.45, 7) is 5.37. The summed E-state index contributed by atoms with van der Waals surface area (Å²) < 4.78 is 21.0. The molecule has 0 aliphatic heterocycles. The van der Waals surface area contributed by atoms with E-state index < -0.39 is 0 Å². The van der Waals surface area contributed by atoms with Crippen molar-refractivity contribution in [3.63, 3.8) is 0 Å². The molecule has 0 saturated heterocycles. The lowest BCUT2D eigenvalue weighted by Gasteiger charge is -2.06. The summed E-state index contributed by atoms with van der Waals surface area (Å²) in [6, 6.07) is 0. The van der Waals surface area contributed by atoms with Crippen LogP contribution in [0.5, 0.6) is 0 Å². The van der Waals surface area contributed by atoms with Crippen molar-refractivity contribution < 1.29 is 33.6 Å². The number of ether oxygens (including phenoxy) is 4. The molecule has 0 radical (unpaired) electrons. The molecule has 0 aromatic heterocycles. The summed E-state index contributed by atoms with van der Waals surface area (Å²) in [7, 11) is 2.89. The molecule has 160 valence electrons. The lowest BCUT2D eigenvalue weighted by Crippen LogP contribution is -2.17. The fourth-order valence-corrected chi connectivity index (χ4v) is 1.35. The van der Waals surface area contributed by atoms with Crippen molar-refractivity contribution in [2.75, 3.05) is 73.6 Å². The summed E-state index contributed by atoms with van der Waals surface area (Å²) in [6.07, 6.45) is 9.23. The minimum Gasteiger partial charge on any atom is -0.400 e. The van der Waals surface area contributed by atoms with Crippen LogP contribution < -0.4 is 5.32 Å². The van der Waals surface area contributed by atoms with Gasteiger partial charge < -0.3 is 39.0 Å². The van der Waals surface area contributed by atoms with Crippen LogP contribution in [0.4, 0.5) is 0 Å². The van der Waals surface area contributed by atoms with Crippen LogP contribution in [0.1, 0.15) is 25.7 Å². The summed E-state index contributed by atoms with van der Waals surface area (Å²) in [5.74, 6) is 2.44. The molecule has 8 heteroatoms. The van der Waals surface area contributed by atoms with Crippen LogP contribution in [0, 0.1) is 12.3 Å². The van der Waals surface area contributed by atoms with Crippen LogP contribution >= 0.6 is 0 Å². The van der Waals surface area contributed by atoms with Gasteiger partial charge in [-0.15, -0.1) is 12.3 Å². The van der Waals surface area contributed by atoms with Gasteiger partial charge in [0.2, 0.25) is 0 Å². The topological polar surface area (TPSA) is 103 Å². The highest BCUT2D eigenvalue weighted by Crippen LogP contribution is 1.87. The van der Waals surface area contributed by atoms with Gasteiger partial charge in [0.15, 0.2) is 0 Å². The summed E-state index contributed by atoms with van der Waals surface area (Å²) in [5.41, 5.74) is 0. The fourth-order valence-electron chi connectivity index (χ4n) is 1.35. The SMILES string of the molecule is C#CCCCC=O.CNCCOCCOCCOCCOCCC=O.CO. The third-order valence-corrected chi connectivity index (χ3v) is 2.64. The predicted molar refractivity (Wildman–Crippen MR) is 105 cm³/mol. The molecule has 27 heavy (non-hydrogen) atoms. The Morgan fingerprint density at radius 1 is 0.815 bits per heavy atom. The highest BCUT2D eigenvalue weighted by atomic mass is 16.6. The maximum Gasteiger partial charge on any atom is 0.122 e. The second-order valence-corrected chi connectivity index (χ2v) is 4.77. The zero-order chi connectivity index (χ0) is 20.8. The maximum atomic E-state index is 9.98. The number of unbranched alkanes of at least 4 members (excludes halogenated alkanes) is 2. The zero-order valence-corrected chi connectivity index (χ0v) is 16.8. The van der Waals surface area contributed by atoms with E-state index in [1.165, 1.54) is 0 Å². The highest BCUT2D eigenvalue weighted by Gasteiger charge is 1.92. The Hall–Kier alpha value is -1.34. The van der Waals surface area contributed by atoms with Crippen LogP contribution in [0.2, 0.25) is 0 Å². The molecule has 0 aliphatic carbocycles. The molecule has 0 fully saturated rings. The number of rotatable bonds is 18. The van der Waals surface area contributed by atoms with Gasteiger partial charge in [-0.1, -0.05) is 0 Å². The average Bonchev–Trinajstić information content (AvgIpc) is 2.71. The third kappa shape index (κ3) is 40.6. The molecule has 0 spiro atoms. The van der Waals surface area contributed by atoms with Crippen molar-refractivity contribution in [1.82, 2.24) is 5.32 Å². The van der Waals surface area contributed by atoms with E-state index in [9.17, 15) is 9.59 Å². The van der Waals surface area contributed by atoms with Gasteiger partial charge in [0.05, 0.1) is 52.9 Å². The molecular weight excluding hydrogens is 354 g/mol. The second-order valence-electron chi connectivity index (χ2n) is 4.77. The Balaban J connectivity index is -0.000000535. The van der Waals surface area contributed by atoms with Crippen LogP contribution in [0.3, 0.4) is 0 Å². The van der Waals surface area contributed by atoms with E-state index in [-0.39, 0.29) is 0 Å². The Bertz CT molecular complexity index is 309. The van der Waals surface area contributed by atoms with Crippen molar-refractivity contribution in [2.24, 2.45) is 0 Å². The van der Waals surface area contributed by atoms with Gasteiger partial charge >= 0.3 is 0 Å². The molecule has 8 nitrogen and oxygen atoms in total. The maximum absolute atomic E-state index is 9.98. The Morgan fingerprint density at radius 3 is 1.67 bits per heavy atom. The second kappa shape index (κ2) is 35.7. The fraction of sp³-hybridized carbons (Fsp3) is 0.789. The van der Waals surface area contributed by atoms with E-state index in [2.05, 4.69) is 11.2 Å². The number of likely N-dealkylation sites (N-methyl/N-ethyl adjacent to an activating group) is 1. The molecule has 0 atom stereocenters. The predicted octanol–water partition coefficient (Wildman–Crippen LogP) is 0.459. The average molecular weight is 392 g/mol. The first-order valence-corrected chi connectivity index (χ1v) is 9.04. The Labute approximate surface area is 163 Å². The van der Waals surface area contributed by atoms with Gasteiger partial charge in [0.25, 0.3) is 0 Å². The Kier molecular flexibility index (Phi) is 40.2. The van der Waals surface area contributed by atoms with Gasteiger partial charge in [-0.05, 0) is 13.5 Å². The molecule has 0 rings (SSSR count). The number of carbonyl (C=O) groups is 2. The van der Waals surface area contributed by atoms with Gasteiger partial charge in [0, 0.05) is 32.9 Å². The minimum atomic E-state index is 0.441. The van der Waals surface area contributed by atoms with Crippen molar-refractivity contribution in [3.8, 4) is 12.3 Å². The molecule has 0 aromatic carbocycles. The van der Waals surface area contributed by atoms with E-state index in [4.69, 9.17) is 30.5 Å². The normalized spacial score (nSPS) is 9.26. The van der Waals surface area contributed by atoms with Gasteiger partial charge in [-0.3, -0.25) is 0 Å². The third-order valence-electron chi connectivity index (χ3n) is 2.64. The first-order chi connectivity index (χ1) is 13.3. The summed E-state index contributed by atoms with van der Waals surface area (Å²) >= 11 is 0. The van der Waals surface area contributed by atoms with E-state index in [1.54, 1.807) is 0 Å². The van der Waals surface area contributed by atoms with Crippen molar-refractivity contribution in [1.29, 1.82) is 0 Å². The molecule has 0 aliphatic rings. The zero-order valence-electron chi connectivity index (χ0n) is 16.8. The molecule has 0 heterocycles. The molecule has 0 saturated carbocycles. The van der Waals surface area contributed by atoms with Crippen LogP contribution in [0.15, 0.2) is 0 Å². The van der Waals surface area contributed by atoms with Crippen molar-refractivity contribution >= 4 is 12.6 Å². The van der Waals surface area contributed by atoms with Crippen LogP contribution in [-0.2, 0) is 28.5 Å². The number of terminal acetylenes is 1. The van der Waals surface area contributed by atoms with Crippen molar-refractivity contribution in [3.05, 3.63) is 0 Å². The van der Waals surface area contributed by atoms with Crippen LogP contribution in [0.25, 0.3) is 0 Å². The highest BCUT2D eigenvalue weighted by molar-refractivity contribution is 5.49. The van der Waals surface area contributed by atoms with Gasteiger partial charge in [-0.25, -0.2) is 0 Å². The van der Waals surface area contributed by atoms with Crippen molar-refractivity contribution in [2.45, 2.75) is 25.7 Å². The number of hydrogen-bond acceptors (Lipinski definition) is 8. The first-order valence-electron chi connectivity index (χ1n) is 9.04. The summed E-state index contributed by atoms with van der Waals surface area (Å²) in [4.78, 5) is 19.6. The number of hydrogen-bond donors (Lipinski definition) is 2. The summed E-state index contributed by atoms with van der Waals surface area (Å²) in [5, 5.41) is 9.99. The Morgan fingerprint density at radius 2 is 1.26 bits per heavy atom. The van der Waals surface area contributed by atoms with E-state index >= 15 is 0 Å². The quantitative estimate of drug-likeness (QED) is 0.197. The molecular formula is C19H37NO7. The largest absolute Gasteiger partial charge is 0.400 e. The van der Waals surface area contributed by atoms with E-state index in [1.807, 2.05) is 7.05 Å². The molecule has 0 aromatic rings. The van der Waals surface area contributed by atoms with E-state index in [0.717, 1.165) is 39.1 Å². The molecule has 0 amide bonds. The number of carbonyl (C=O) groups excluding carboxylic acids is 2. The van der Waals surface area contributed by atoms with Crippen LogP contribution in [-0.4, -0.2) is 91.2 Å². The smallest absolute Gasteiger partial charge is 0.122 e.